The van der Waals surface area contributed by atoms with Gasteiger partial charge in [-0.15, -0.1) is 11.3 Å². The van der Waals surface area contributed by atoms with Gasteiger partial charge in [-0.2, -0.15) is 0 Å². The number of carbonyl (C=O) groups excluding carboxylic acids is 2. The molecule has 0 aliphatic heterocycles. The van der Waals surface area contributed by atoms with Crippen LogP contribution < -0.4 is 14.8 Å². The summed E-state index contributed by atoms with van der Waals surface area (Å²) in [5.74, 6) is 0.959. The first-order valence-corrected chi connectivity index (χ1v) is 14.8. The molecule has 4 aromatic rings. The normalized spacial score (nSPS) is 11.2. The maximum atomic E-state index is 13.7. The molecule has 2 amide bonds. The summed E-state index contributed by atoms with van der Waals surface area (Å²) in [6.45, 7) is 7.42. The molecule has 2 aromatic carbocycles. The second kappa shape index (κ2) is 13.1. The van der Waals surface area contributed by atoms with Crippen molar-refractivity contribution in [2.45, 2.75) is 44.9 Å². The Morgan fingerprint density at radius 1 is 0.927 bits per heavy atom. The van der Waals surface area contributed by atoms with Gasteiger partial charge in [0.15, 0.2) is 5.16 Å². The van der Waals surface area contributed by atoms with Crippen molar-refractivity contribution in [3.05, 3.63) is 76.4 Å². The van der Waals surface area contributed by atoms with E-state index in [4.69, 9.17) is 14.5 Å². The number of methoxy groups -OCH3 is 2. The second-order valence-corrected chi connectivity index (χ2v) is 11.7. The van der Waals surface area contributed by atoms with Crippen molar-refractivity contribution in [2.75, 3.05) is 25.3 Å². The summed E-state index contributed by atoms with van der Waals surface area (Å²) in [5.41, 5.74) is 2.79. The van der Waals surface area contributed by atoms with Gasteiger partial charge in [-0.1, -0.05) is 11.8 Å². The molecule has 0 bridgehead atoms. The molecule has 0 unspecified atom stereocenters. The SMILES string of the molecule is COc1ccc(NC(=O)C(C)(C)N(Cc2nc(-c3ccc(OC)cc3)cs2)C(=O)CSc2nc(C)cc(C)n2)cc1. The van der Waals surface area contributed by atoms with Crippen molar-refractivity contribution in [3.8, 4) is 22.8 Å². The number of hydrogen-bond donors (Lipinski definition) is 1. The fourth-order valence-electron chi connectivity index (χ4n) is 4.05. The number of thiazole rings is 1. The van der Waals surface area contributed by atoms with E-state index in [2.05, 4.69) is 15.3 Å². The molecule has 0 saturated carbocycles. The summed E-state index contributed by atoms with van der Waals surface area (Å²) in [5, 5.41) is 6.11. The number of hydrogen-bond acceptors (Lipinski definition) is 9. The third-order valence-electron chi connectivity index (χ3n) is 6.40. The molecule has 0 aliphatic rings. The first-order chi connectivity index (χ1) is 19.6. The molecule has 0 aliphatic carbocycles. The van der Waals surface area contributed by atoms with E-state index in [-0.39, 0.29) is 24.1 Å². The van der Waals surface area contributed by atoms with E-state index in [1.807, 2.05) is 49.6 Å². The van der Waals surface area contributed by atoms with Gasteiger partial charge in [0.25, 0.3) is 0 Å². The van der Waals surface area contributed by atoms with Crippen LogP contribution in [0, 0.1) is 13.8 Å². The van der Waals surface area contributed by atoms with Crippen molar-refractivity contribution in [1.82, 2.24) is 19.9 Å². The molecule has 0 radical (unpaired) electrons. The van der Waals surface area contributed by atoms with Crippen LogP contribution in [0.3, 0.4) is 0 Å². The van der Waals surface area contributed by atoms with Crippen molar-refractivity contribution in [3.63, 3.8) is 0 Å². The molecule has 0 fully saturated rings. The first-order valence-electron chi connectivity index (χ1n) is 12.9. The van der Waals surface area contributed by atoms with E-state index < -0.39 is 5.54 Å². The van der Waals surface area contributed by atoms with Gasteiger partial charge in [0.05, 0.1) is 32.2 Å². The van der Waals surface area contributed by atoms with Gasteiger partial charge in [0.1, 0.15) is 22.0 Å². The highest BCUT2D eigenvalue weighted by Crippen LogP contribution is 2.28. The number of nitrogens with one attached hydrogen (secondary N) is 1. The zero-order chi connectivity index (χ0) is 29.6. The molecular formula is C30H33N5O4S2. The average Bonchev–Trinajstić information content (AvgIpc) is 3.43. The van der Waals surface area contributed by atoms with Crippen LogP contribution in [0.5, 0.6) is 11.5 Å². The molecule has 0 spiro atoms. The van der Waals surface area contributed by atoms with Crippen LogP contribution >= 0.6 is 23.1 Å². The maximum Gasteiger partial charge on any atom is 0.249 e. The Kier molecular flexibility index (Phi) is 9.61. The Labute approximate surface area is 248 Å². The molecular weight excluding hydrogens is 558 g/mol. The summed E-state index contributed by atoms with van der Waals surface area (Å²) in [6, 6.07) is 16.6. The third-order valence-corrected chi connectivity index (χ3v) is 8.06. The molecule has 41 heavy (non-hydrogen) atoms. The standard InChI is InChI=1S/C30H33N5O4S2/c1-19-15-20(2)32-29(31-19)41-18-27(36)35(30(3,4)28(37)33-22-9-13-24(39-6)14-10-22)16-26-34-25(17-40-26)21-7-11-23(38-5)12-8-21/h7-15,17H,16,18H2,1-6H3,(H,33,37). The fourth-order valence-corrected chi connectivity index (χ4v) is 5.67. The summed E-state index contributed by atoms with van der Waals surface area (Å²) in [7, 11) is 3.21. The van der Waals surface area contributed by atoms with E-state index in [1.165, 1.54) is 23.1 Å². The molecule has 9 nitrogen and oxygen atoms in total. The lowest BCUT2D eigenvalue weighted by atomic mass is 10.0. The van der Waals surface area contributed by atoms with Crippen LogP contribution in [0.15, 0.2) is 65.1 Å². The number of anilines is 1. The summed E-state index contributed by atoms with van der Waals surface area (Å²) < 4.78 is 10.5. The summed E-state index contributed by atoms with van der Waals surface area (Å²) >= 11 is 2.69. The quantitative estimate of drug-likeness (QED) is 0.173. The average molecular weight is 592 g/mol. The lowest BCUT2D eigenvalue weighted by molar-refractivity contribution is -0.142. The summed E-state index contributed by atoms with van der Waals surface area (Å²) in [4.78, 5) is 42.5. The molecule has 1 N–H and O–H groups in total. The topological polar surface area (TPSA) is 107 Å². The molecule has 0 saturated heterocycles. The van der Waals surface area contributed by atoms with Crippen molar-refractivity contribution >= 4 is 40.6 Å². The molecule has 214 valence electrons. The highest BCUT2D eigenvalue weighted by molar-refractivity contribution is 7.99. The largest absolute Gasteiger partial charge is 0.497 e. The van der Waals surface area contributed by atoms with Crippen LogP contribution in [-0.2, 0) is 16.1 Å². The number of amides is 2. The smallest absolute Gasteiger partial charge is 0.249 e. The van der Waals surface area contributed by atoms with Gasteiger partial charge in [-0.3, -0.25) is 9.59 Å². The predicted molar refractivity (Wildman–Crippen MR) is 163 cm³/mol. The van der Waals surface area contributed by atoms with Crippen LogP contribution in [0.4, 0.5) is 5.69 Å². The number of nitrogens with zero attached hydrogens (tertiary/aromatic N) is 4. The Morgan fingerprint density at radius 3 is 2.10 bits per heavy atom. The van der Waals surface area contributed by atoms with Gasteiger partial charge < -0.3 is 19.7 Å². The number of carbonyl (C=O) groups is 2. The molecule has 2 aromatic heterocycles. The van der Waals surface area contributed by atoms with Crippen LogP contribution in [0.25, 0.3) is 11.3 Å². The molecule has 2 heterocycles. The van der Waals surface area contributed by atoms with Crippen molar-refractivity contribution in [2.24, 2.45) is 0 Å². The van der Waals surface area contributed by atoms with Gasteiger partial charge in [-0.05, 0) is 82.3 Å². The highest BCUT2D eigenvalue weighted by atomic mass is 32.2. The fraction of sp³-hybridized carbons (Fsp3) is 0.300. The second-order valence-electron chi connectivity index (χ2n) is 9.80. The van der Waals surface area contributed by atoms with E-state index in [1.54, 1.807) is 57.2 Å². The van der Waals surface area contributed by atoms with Gasteiger partial charge in [-0.25, -0.2) is 15.0 Å². The Balaban J connectivity index is 1.57. The van der Waals surface area contributed by atoms with Crippen LogP contribution in [0.2, 0.25) is 0 Å². The van der Waals surface area contributed by atoms with Gasteiger partial charge in [0.2, 0.25) is 11.8 Å². The van der Waals surface area contributed by atoms with Crippen LogP contribution in [-0.4, -0.2) is 57.2 Å². The monoisotopic (exact) mass is 591 g/mol. The van der Waals surface area contributed by atoms with E-state index in [0.717, 1.165) is 28.4 Å². The number of ether oxygens (including phenoxy) is 2. The molecule has 0 atom stereocenters. The highest BCUT2D eigenvalue weighted by Gasteiger charge is 2.38. The number of aromatic nitrogens is 3. The third kappa shape index (κ3) is 7.62. The number of benzene rings is 2. The predicted octanol–water partition coefficient (Wildman–Crippen LogP) is 5.77. The minimum atomic E-state index is -1.20. The number of thioether (sulfide) groups is 1. The number of aryl methyl sites for hydroxylation is 2. The van der Waals surface area contributed by atoms with Crippen molar-refractivity contribution < 1.29 is 19.1 Å². The van der Waals surface area contributed by atoms with E-state index >= 15 is 0 Å². The Hall–Kier alpha value is -3.96. The minimum Gasteiger partial charge on any atom is -0.497 e. The summed E-state index contributed by atoms with van der Waals surface area (Å²) in [6.07, 6.45) is 0. The van der Waals surface area contributed by atoms with E-state index in [0.29, 0.717) is 21.6 Å². The van der Waals surface area contributed by atoms with Crippen molar-refractivity contribution in [1.29, 1.82) is 0 Å². The van der Waals surface area contributed by atoms with E-state index in [9.17, 15) is 9.59 Å². The van der Waals surface area contributed by atoms with Crippen LogP contribution in [0.1, 0.15) is 30.2 Å². The minimum absolute atomic E-state index is 0.0683. The lowest BCUT2D eigenvalue weighted by Gasteiger charge is -2.37. The Morgan fingerprint density at radius 2 is 1.51 bits per heavy atom. The molecule has 4 rings (SSSR count). The first kappa shape index (κ1) is 30.0. The van der Waals surface area contributed by atoms with Gasteiger partial charge in [0, 0.05) is 28.0 Å². The number of rotatable bonds is 11. The Bertz CT molecular complexity index is 1480. The molecule has 11 heteroatoms. The maximum absolute atomic E-state index is 13.7. The zero-order valence-electron chi connectivity index (χ0n) is 23.9. The zero-order valence-corrected chi connectivity index (χ0v) is 25.6. The van der Waals surface area contributed by atoms with Gasteiger partial charge >= 0.3 is 0 Å². The lowest BCUT2D eigenvalue weighted by Crippen LogP contribution is -2.55.